The summed E-state index contributed by atoms with van der Waals surface area (Å²) in [5.74, 6) is 0. The van der Waals surface area contributed by atoms with Crippen LogP contribution < -0.4 is 0 Å². The van der Waals surface area contributed by atoms with Gasteiger partial charge in [0.05, 0.1) is 34.2 Å². The quantitative estimate of drug-likeness (QED) is 0.351. The molecular weight excluding hydrogens is 435 g/mol. The molecule has 0 aliphatic heterocycles. The molecule has 8 nitrogen and oxygen atoms in total. The highest BCUT2D eigenvalue weighted by atomic mass is 15.3. The topological polar surface area (TPSA) is 87.2 Å². The average molecular weight is 453 g/mol. The smallest absolute Gasteiger partial charge is 0.106 e. The summed E-state index contributed by atoms with van der Waals surface area (Å²) in [6, 6.07) is 27.1. The third-order valence-corrected chi connectivity index (χ3v) is 5.33. The molecular formula is C26H18BN8-. The van der Waals surface area contributed by atoms with Crippen LogP contribution in [0.3, 0.4) is 0 Å². The van der Waals surface area contributed by atoms with Crippen LogP contribution in [0, 0.1) is 0 Å². The van der Waals surface area contributed by atoms with Crippen molar-refractivity contribution >= 4 is 7.55 Å². The third-order valence-electron chi connectivity index (χ3n) is 5.33. The van der Waals surface area contributed by atoms with Gasteiger partial charge in [-0.05, 0) is 80.6 Å². The fourth-order valence-corrected chi connectivity index (χ4v) is 3.67. The second-order valence-electron chi connectivity index (χ2n) is 7.72. The molecule has 2 radical (unpaired) electrons. The van der Waals surface area contributed by atoms with Crippen molar-refractivity contribution in [2.45, 2.75) is 0 Å². The Hall–Kier alpha value is -4.92. The first-order valence-electron chi connectivity index (χ1n) is 11.0. The Kier molecular flexibility index (Phi) is 5.40. The summed E-state index contributed by atoms with van der Waals surface area (Å²) in [7, 11) is 1.79. The second kappa shape index (κ2) is 9.15. The lowest BCUT2D eigenvalue weighted by Crippen LogP contribution is -2.18. The molecule has 0 saturated heterocycles. The molecule has 0 unspecified atom stereocenters. The molecule has 0 atom stereocenters. The molecule has 0 aliphatic carbocycles. The molecule has 35 heavy (non-hydrogen) atoms. The first-order chi connectivity index (χ1) is 17.3. The van der Waals surface area contributed by atoms with Gasteiger partial charge in [0.25, 0.3) is 0 Å². The van der Waals surface area contributed by atoms with Gasteiger partial charge in [-0.25, -0.2) is 20.2 Å². The molecule has 0 N–H and O–H groups in total. The van der Waals surface area contributed by atoms with Gasteiger partial charge < -0.3 is 9.19 Å². The van der Waals surface area contributed by atoms with E-state index in [1.54, 1.807) is 29.1 Å². The van der Waals surface area contributed by atoms with Crippen molar-refractivity contribution in [3.63, 3.8) is 0 Å². The molecule has 0 bridgehead atoms. The molecule has 6 rings (SSSR count). The van der Waals surface area contributed by atoms with E-state index in [0.29, 0.717) is 0 Å². The maximum atomic E-state index is 4.72. The summed E-state index contributed by atoms with van der Waals surface area (Å²) in [5.41, 5.74) is 6.33. The molecule has 166 valence electrons. The maximum absolute atomic E-state index is 4.72. The van der Waals surface area contributed by atoms with Gasteiger partial charge in [0.15, 0.2) is 0 Å². The fraction of sp³-hybridized carbons (Fsp3) is 0. The van der Waals surface area contributed by atoms with Gasteiger partial charge in [0.2, 0.25) is 0 Å². The minimum Gasteiger partial charge on any atom is -0.488 e. The van der Waals surface area contributed by atoms with Crippen molar-refractivity contribution in [2.75, 3.05) is 0 Å². The Balaban J connectivity index is 1.20. The van der Waals surface area contributed by atoms with Gasteiger partial charge in [0.1, 0.15) is 11.4 Å². The van der Waals surface area contributed by atoms with E-state index in [1.165, 1.54) is 0 Å². The lowest BCUT2D eigenvalue weighted by atomic mass is 10.2. The molecule has 0 aliphatic rings. The number of pyridine rings is 4. The van der Waals surface area contributed by atoms with Crippen LogP contribution in [-0.2, 0) is 0 Å². The van der Waals surface area contributed by atoms with Crippen LogP contribution in [0.5, 0.6) is 0 Å². The number of aromatic nitrogens is 8. The number of nitrogens with zero attached hydrogens (tertiary/aromatic N) is 8. The molecule has 0 saturated carbocycles. The minimum absolute atomic E-state index is 0.760. The number of rotatable bonds is 6. The predicted molar refractivity (Wildman–Crippen MR) is 134 cm³/mol. The van der Waals surface area contributed by atoms with Gasteiger partial charge in [-0.2, -0.15) is 0 Å². The van der Waals surface area contributed by atoms with Crippen LogP contribution in [0.4, 0.5) is 0 Å². The van der Waals surface area contributed by atoms with Crippen molar-refractivity contribution in [2.24, 2.45) is 0 Å². The van der Waals surface area contributed by atoms with E-state index in [0.717, 1.165) is 45.6 Å². The van der Waals surface area contributed by atoms with Crippen LogP contribution in [0.1, 0.15) is 0 Å². The molecule has 6 aromatic rings. The highest BCUT2D eigenvalue weighted by Crippen LogP contribution is 2.21. The zero-order valence-corrected chi connectivity index (χ0v) is 18.5. The van der Waals surface area contributed by atoms with Crippen molar-refractivity contribution in [3.05, 3.63) is 110 Å². The second-order valence-corrected chi connectivity index (χ2v) is 7.72. The monoisotopic (exact) mass is 453 g/mol. The lowest BCUT2D eigenvalue weighted by molar-refractivity contribution is 0.886. The molecule has 0 fully saturated rings. The van der Waals surface area contributed by atoms with Crippen molar-refractivity contribution in [1.29, 1.82) is 0 Å². The summed E-state index contributed by atoms with van der Waals surface area (Å²) in [4.78, 5) is 18.2. The normalized spacial score (nSPS) is 11.0. The van der Waals surface area contributed by atoms with E-state index in [-0.39, 0.29) is 0 Å². The predicted octanol–water partition coefficient (Wildman–Crippen LogP) is 4.26. The first-order valence-corrected chi connectivity index (χ1v) is 11.0. The van der Waals surface area contributed by atoms with Gasteiger partial charge in [-0.1, -0.05) is 24.3 Å². The summed E-state index contributed by atoms with van der Waals surface area (Å²) in [6.07, 6.45) is 7.25. The van der Waals surface area contributed by atoms with E-state index in [9.17, 15) is 0 Å². The SMILES string of the molecule is [B-](n1ccc(-c2cccc(-c3ccccn3)n2)n1)n1ccc(-c2cccc(-c3ccccn3)n2)n1. The Morgan fingerprint density at radius 3 is 1.29 bits per heavy atom. The van der Waals surface area contributed by atoms with E-state index < -0.39 is 0 Å². The van der Waals surface area contributed by atoms with E-state index in [4.69, 9.17) is 9.97 Å². The van der Waals surface area contributed by atoms with Crippen LogP contribution in [0.2, 0.25) is 0 Å². The van der Waals surface area contributed by atoms with Gasteiger partial charge >= 0.3 is 0 Å². The molecule has 9 heteroatoms. The van der Waals surface area contributed by atoms with Crippen molar-refractivity contribution < 1.29 is 0 Å². The zero-order chi connectivity index (χ0) is 23.5. The summed E-state index contributed by atoms with van der Waals surface area (Å²) in [6.45, 7) is 0. The Labute approximate surface area is 202 Å². The van der Waals surface area contributed by atoms with Crippen molar-refractivity contribution in [3.8, 4) is 45.6 Å². The first kappa shape index (κ1) is 20.7. The Bertz CT molecular complexity index is 1460. The standard InChI is InChI=1S/C26H18BN8/c1-3-15-28-19(7-1)21-9-5-11-23(30-21)25-13-17-34(32-25)27-35-18-14-26(33-35)24-12-6-10-22(31-24)20-8-2-4-16-29-20/h1-18H/q-1. The van der Waals surface area contributed by atoms with Gasteiger partial charge in [-0.15, -0.1) is 0 Å². The summed E-state index contributed by atoms with van der Waals surface area (Å²) < 4.78 is 3.41. The number of hydrogen-bond donors (Lipinski definition) is 0. The maximum Gasteiger partial charge on any atom is 0.106 e. The van der Waals surface area contributed by atoms with Gasteiger partial charge in [0, 0.05) is 12.4 Å². The van der Waals surface area contributed by atoms with E-state index >= 15 is 0 Å². The minimum atomic E-state index is 0.760. The third kappa shape index (κ3) is 4.47. The fourth-order valence-electron chi connectivity index (χ4n) is 3.67. The Morgan fingerprint density at radius 1 is 0.429 bits per heavy atom. The van der Waals surface area contributed by atoms with Gasteiger partial charge in [-0.3, -0.25) is 9.97 Å². The molecule has 6 aromatic heterocycles. The van der Waals surface area contributed by atoms with E-state index in [2.05, 4.69) is 20.2 Å². The molecule has 6 heterocycles. The highest BCUT2D eigenvalue weighted by Gasteiger charge is 2.07. The largest absolute Gasteiger partial charge is 0.488 e. The lowest BCUT2D eigenvalue weighted by Gasteiger charge is -2.17. The Morgan fingerprint density at radius 2 is 0.857 bits per heavy atom. The van der Waals surface area contributed by atoms with Crippen LogP contribution in [0.25, 0.3) is 45.6 Å². The highest BCUT2D eigenvalue weighted by molar-refractivity contribution is 6.30. The zero-order valence-electron chi connectivity index (χ0n) is 18.5. The van der Waals surface area contributed by atoms with Crippen molar-refractivity contribution in [1.82, 2.24) is 39.3 Å². The summed E-state index contributed by atoms with van der Waals surface area (Å²) >= 11 is 0. The number of hydrogen-bond acceptors (Lipinski definition) is 6. The molecule has 0 amide bonds. The van der Waals surface area contributed by atoms with Crippen LogP contribution in [0.15, 0.2) is 110 Å². The average Bonchev–Trinajstić information content (AvgIpc) is 3.60. The van der Waals surface area contributed by atoms with Crippen LogP contribution in [-0.4, -0.2) is 46.9 Å². The summed E-state index contributed by atoms with van der Waals surface area (Å²) in [5, 5.41) is 9.28. The molecule has 0 spiro atoms. The molecule has 0 aromatic carbocycles. The van der Waals surface area contributed by atoms with Crippen LogP contribution >= 0.6 is 0 Å². The van der Waals surface area contributed by atoms with E-state index in [1.807, 2.05) is 97.3 Å².